The maximum absolute atomic E-state index is 13.0. The summed E-state index contributed by atoms with van der Waals surface area (Å²) < 4.78 is 5.90. The Balaban J connectivity index is 2.01. The fourth-order valence-electron chi connectivity index (χ4n) is 2.55. The van der Waals surface area contributed by atoms with Crippen molar-refractivity contribution in [2.24, 2.45) is 0 Å². The number of rotatable bonds is 3. The number of aryl methyl sites for hydroxylation is 1. The maximum atomic E-state index is 13.0. The number of ether oxygens (including phenoxy) is 1. The highest BCUT2D eigenvalue weighted by Gasteiger charge is 2.34. The van der Waals surface area contributed by atoms with Crippen LogP contribution in [0.3, 0.4) is 0 Å². The topological polar surface area (TPSA) is 58.6 Å². The van der Waals surface area contributed by atoms with Gasteiger partial charge in [0.25, 0.3) is 11.8 Å². The van der Waals surface area contributed by atoms with Crippen LogP contribution in [-0.2, 0) is 9.59 Å². The van der Waals surface area contributed by atoms with Crippen molar-refractivity contribution in [2.75, 3.05) is 12.0 Å². The lowest BCUT2D eigenvalue weighted by atomic mass is 10.1. The monoisotopic (exact) mass is 464 g/mol. The average Bonchev–Trinajstić information content (AvgIpc) is 2.61. The summed E-state index contributed by atoms with van der Waals surface area (Å²) >= 11 is 14.7. The third-order valence-electron chi connectivity index (χ3n) is 4.00. The molecule has 2 amide bonds. The molecule has 0 aromatic heterocycles. The molecule has 8 heteroatoms. The fraction of sp³-hybridized carbons (Fsp3) is 0.105. The highest BCUT2D eigenvalue weighted by atomic mass is 79.9. The second-order valence-corrected chi connectivity index (χ2v) is 7.43. The van der Waals surface area contributed by atoms with E-state index in [1.54, 1.807) is 43.5 Å². The second-order valence-electron chi connectivity index (χ2n) is 5.79. The number of thiocarbonyl (C=S) groups is 1. The average molecular weight is 466 g/mol. The molecule has 2 aromatic rings. The summed E-state index contributed by atoms with van der Waals surface area (Å²) in [6, 6.07) is 10.4. The molecule has 0 unspecified atom stereocenters. The van der Waals surface area contributed by atoms with Crippen molar-refractivity contribution < 1.29 is 14.3 Å². The third kappa shape index (κ3) is 3.90. The van der Waals surface area contributed by atoms with E-state index in [4.69, 9.17) is 28.6 Å². The Kier molecular flexibility index (Phi) is 5.64. The molecule has 138 valence electrons. The Morgan fingerprint density at radius 2 is 1.96 bits per heavy atom. The quantitative estimate of drug-likeness (QED) is 0.418. The lowest BCUT2D eigenvalue weighted by molar-refractivity contribution is -0.122. The standard InChI is InChI=1S/C19H14BrClN2O3S/c1-10-3-5-12(9-15(10)21)23-18(25)13(17(24)22-19(23)27)7-11-4-6-16(26-2)14(20)8-11/h3-9H,1-2H3,(H,22,24,27)/b13-7+. The van der Waals surface area contributed by atoms with Gasteiger partial charge < -0.3 is 4.74 Å². The number of anilines is 1. The molecule has 0 aliphatic carbocycles. The van der Waals surface area contributed by atoms with Crippen LogP contribution in [0.5, 0.6) is 5.75 Å². The third-order valence-corrected chi connectivity index (χ3v) is 5.31. The Labute approximate surface area is 175 Å². The van der Waals surface area contributed by atoms with E-state index >= 15 is 0 Å². The first-order valence-electron chi connectivity index (χ1n) is 7.83. The number of hydrogen-bond acceptors (Lipinski definition) is 4. The van der Waals surface area contributed by atoms with Gasteiger partial charge in [0.05, 0.1) is 17.3 Å². The molecule has 5 nitrogen and oxygen atoms in total. The summed E-state index contributed by atoms with van der Waals surface area (Å²) in [5, 5.41) is 3.07. The molecule has 27 heavy (non-hydrogen) atoms. The van der Waals surface area contributed by atoms with Crippen LogP contribution in [0.1, 0.15) is 11.1 Å². The Morgan fingerprint density at radius 1 is 1.22 bits per heavy atom. The van der Waals surface area contributed by atoms with Gasteiger partial charge in [0, 0.05) is 5.02 Å². The van der Waals surface area contributed by atoms with Gasteiger partial charge in [0.2, 0.25) is 0 Å². The maximum Gasteiger partial charge on any atom is 0.270 e. The molecule has 1 saturated heterocycles. The van der Waals surface area contributed by atoms with Crippen LogP contribution in [0.2, 0.25) is 5.02 Å². The number of halogens is 2. The minimum Gasteiger partial charge on any atom is -0.496 e. The minimum absolute atomic E-state index is 0.0120. The second kappa shape index (κ2) is 7.80. The van der Waals surface area contributed by atoms with Crippen molar-refractivity contribution in [3.63, 3.8) is 0 Å². The zero-order chi connectivity index (χ0) is 19.7. The van der Waals surface area contributed by atoms with Crippen LogP contribution in [-0.4, -0.2) is 24.0 Å². The Hall–Kier alpha value is -2.22. The van der Waals surface area contributed by atoms with Gasteiger partial charge in [-0.15, -0.1) is 0 Å². The molecule has 0 bridgehead atoms. The summed E-state index contributed by atoms with van der Waals surface area (Å²) in [5.74, 6) is -0.421. The lowest BCUT2D eigenvalue weighted by Crippen LogP contribution is -2.54. The van der Waals surface area contributed by atoms with Crippen molar-refractivity contribution in [1.82, 2.24) is 5.32 Å². The zero-order valence-corrected chi connectivity index (χ0v) is 17.5. The molecule has 1 heterocycles. The van der Waals surface area contributed by atoms with E-state index in [1.807, 2.05) is 6.92 Å². The lowest BCUT2D eigenvalue weighted by Gasteiger charge is -2.29. The van der Waals surface area contributed by atoms with Crippen molar-refractivity contribution in [2.45, 2.75) is 6.92 Å². The zero-order valence-electron chi connectivity index (χ0n) is 14.4. The van der Waals surface area contributed by atoms with E-state index in [-0.39, 0.29) is 10.7 Å². The van der Waals surface area contributed by atoms with Crippen molar-refractivity contribution in [3.05, 3.63) is 62.6 Å². The number of nitrogens with one attached hydrogen (secondary N) is 1. The number of amides is 2. The molecular weight excluding hydrogens is 452 g/mol. The van der Waals surface area contributed by atoms with Gasteiger partial charge in [0.15, 0.2) is 5.11 Å². The molecule has 1 N–H and O–H groups in total. The van der Waals surface area contributed by atoms with Gasteiger partial charge in [-0.1, -0.05) is 23.7 Å². The Bertz CT molecular complexity index is 1010. The van der Waals surface area contributed by atoms with Gasteiger partial charge >= 0.3 is 0 Å². The first kappa shape index (κ1) is 19.5. The number of methoxy groups -OCH3 is 1. The first-order valence-corrected chi connectivity index (χ1v) is 9.41. The van der Waals surface area contributed by atoms with Gasteiger partial charge in [-0.05, 0) is 76.5 Å². The van der Waals surface area contributed by atoms with Crippen LogP contribution in [0.25, 0.3) is 6.08 Å². The molecule has 1 aliphatic heterocycles. The summed E-state index contributed by atoms with van der Waals surface area (Å²) in [7, 11) is 1.56. The number of benzene rings is 2. The van der Waals surface area contributed by atoms with Crippen LogP contribution in [0.15, 0.2) is 46.4 Å². The highest BCUT2D eigenvalue weighted by Crippen LogP contribution is 2.29. The minimum atomic E-state index is -0.550. The predicted molar refractivity (Wildman–Crippen MR) is 113 cm³/mol. The first-order chi connectivity index (χ1) is 12.8. The fourth-order valence-corrected chi connectivity index (χ4v) is 3.57. The van der Waals surface area contributed by atoms with Gasteiger partial charge in [-0.25, -0.2) is 0 Å². The van der Waals surface area contributed by atoms with E-state index in [2.05, 4.69) is 21.2 Å². The van der Waals surface area contributed by atoms with E-state index in [0.29, 0.717) is 26.5 Å². The molecule has 2 aromatic carbocycles. The van der Waals surface area contributed by atoms with Gasteiger partial charge in [-0.3, -0.25) is 19.8 Å². The number of hydrogen-bond donors (Lipinski definition) is 1. The molecule has 0 radical (unpaired) electrons. The summed E-state index contributed by atoms with van der Waals surface area (Å²) in [6.45, 7) is 1.86. The molecule has 0 spiro atoms. The van der Waals surface area contributed by atoms with Crippen LogP contribution in [0.4, 0.5) is 5.69 Å². The van der Waals surface area contributed by atoms with Crippen LogP contribution >= 0.6 is 39.7 Å². The van der Waals surface area contributed by atoms with Crippen LogP contribution < -0.4 is 15.0 Å². The highest BCUT2D eigenvalue weighted by molar-refractivity contribution is 9.10. The molecule has 1 aliphatic rings. The number of nitrogens with zero attached hydrogens (tertiary/aromatic N) is 1. The number of carbonyl (C=O) groups excluding carboxylic acids is 2. The number of carbonyl (C=O) groups is 2. The molecule has 0 saturated carbocycles. The smallest absolute Gasteiger partial charge is 0.270 e. The SMILES string of the molecule is COc1ccc(/C=C2\C(=O)NC(=S)N(c3ccc(C)c(Cl)c3)C2=O)cc1Br. The van der Waals surface area contributed by atoms with Crippen molar-refractivity contribution >= 4 is 68.4 Å². The largest absolute Gasteiger partial charge is 0.496 e. The van der Waals surface area contributed by atoms with E-state index in [0.717, 1.165) is 5.56 Å². The van der Waals surface area contributed by atoms with E-state index in [9.17, 15) is 9.59 Å². The molecule has 0 atom stereocenters. The van der Waals surface area contributed by atoms with E-state index in [1.165, 1.54) is 11.0 Å². The van der Waals surface area contributed by atoms with Crippen LogP contribution in [0, 0.1) is 6.92 Å². The molecule has 1 fully saturated rings. The van der Waals surface area contributed by atoms with Crippen molar-refractivity contribution in [1.29, 1.82) is 0 Å². The van der Waals surface area contributed by atoms with Gasteiger partial charge in [0.1, 0.15) is 11.3 Å². The summed E-state index contributed by atoms with van der Waals surface area (Å²) in [4.78, 5) is 26.6. The summed E-state index contributed by atoms with van der Waals surface area (Å²) in [5.41, 5.74) is 1.99. The summed E-state index contributed by atoms with van der Waals surface area (Å²) in [6.07, 6.45) is 1.51. The van der Waals surface area contributed by atoms with Crippen molar-refractivity contribution in [3.8, 4) is 5.75 Å². The Morgan fingerprint density at radius 3 is 2.59 bits per heavy atom. The molecule has 3 rings (SSSR count). The predicted octanol–water partition coefficient (Wildman–Crippen LogP) is 4.25. The normalized spacial score (nSPS) is 15.9. The molecular formula is C19H14BrClN2O3S. The van der Waals surface area contributed by atoms with E-state index < -0.39 is 11.8 Å². The van der Waals surface area contributed by atoms with Gasteiger partial charge in [-0.2, -0.15) is 0 Å².